The Morgan fingerprint density at radius 2 is 1.10 bits per heavy atom. The van der Waals surface area contributed by atoms with Gasteiger partial charge >= 0.3 is 11.9 Å². The predicted molar refractivity (Wildman–Crippen MR) is 203 cm³/mol. The average Bonchev–Trinajstić information content (AvgIpc) is 3.06. The number of ether oxygens (including phenoxy) is 3. The van der Waals surface area contributed by atoms with Crippen molar-refractivity contribution in [1.82, 2.24) is 0 Å². The van der Waals surface area contributed by atoms with Gasteiger partial charge in [-0.15, -0.1) is 0 Å². The number of carbonyl (C=O) groups excluding carboxylic acids is 3. The maximum atomic E-state index is 12.7. The maximum Gasteiger partial charge on any atom is 0.306 e. The first kappa shape index (κ1) is 47.5. The largest absolute Gasteiger partial charge is 0.544 e. The molecule has 0 saturated heterocycles. The van der Waals surface area contributed by atoms with Gasteiger partial charge < -0.3 is 28.6 Å². The van der Waals surface area contributed by atoms with Crippen molar-refractivity contribution in [3.05, 3.63) is 36.5 Å². The molecule has 0 aromatic carbocycles. The quantitative estimate of drug-likeness (QED) is 0.0281. The first-order chi connectivity index (χ1) is 24.1. The summed E-state index contributed by atoms with van der Waals surface area (Å²) < 4.78 is 17.1. The molecule has 0 N–H and O–H groups in total. The maximum absolute atomic E-state index is 12.7. The van der Waals surface area contributed by atoms with Gasteiger partial charge in [0.15, 0.2) is 6.10 Å². The third kappa shape index (κ3) is 31.5. The summed E-state index contributed by atoms with van der Waals surface area (Å²) in [5.41, 5.74) is 0. The highest BCUT2D eigenvalue weighted by molar-refractivity contribution is 5.70. The summed E-state index contributed by atoms with van der Waals surface area (Å²) in [7, 11) is 5.39. The molecule has 0 aliphatic rings. The number of aliphatic carboxylic acids is 1. The molecule has 290 valence electrons. The number of allylic oxidation sites excluding steroid dienone is 6. The Bertz CT molecular complexity index is 922. The monoisotopic (exact) mass is 706 g/mol. The van der Waals surface area contributed by atoms with Gasteiger partial charge in [0.2, 0.25) is 0 Å². The number of carboxylic acids is 1. The zero-order chi connectivity index (χ0) is 37.1. The van der Waals surface area contributed by atoms with Crippen LogP contribution in [0.1, 0.15) is 162 Å². The fraction of sp³-hybridized carbons (Fsp3) is 0.786. The fourth-order valence-electron chi connectivity index (χ4n) is 5.57. The molecule has 0 bridgehead atoms. The summed E-state index contributed by atoms with van der Waals surface area (Å²) in [5, 5.41) is 11.6. The van der Waals surface area contributed by atoms with Crippen molar-refractivity contribution in [1.29, 1.82) is 0 Å². The van der Waals surface area contributed by atoms with E-state index in [1.54, 1.807) is 21.1 Å². The zero-order valence-corrected chi connectivity index (χ0v) is 32.8. The Morgan fingerprint density at radius 1 is 0.600 bits per heavy atom. The minimum Gasteiger partial charge on any atom is -0.544 e. The molecule has 0 fully saturated rings. The van der Waals surface area contributed by atoms with E-state index in [2.05, 4.69) is 50.3 Å². The van der Waals surface area contributed by atoms with Crippen molar-refractivity contribution in [3.8, 4) is 0 Å². The van der Waals surface area contributed by atoms with Crippen LogP contribution in [0.15, 0.2) is 36.5 Å². The number of nitrogens with zero attached hydrogens (tertiary/aromatic N) is 1. The molecule has 0 aromatic heterocycles. The Morgan fingerprint density at radius 3 is 1.64 bits per heavy atom. The highest BCUT2D eigenvalue weighted by Crippen LogP contribution is 2.12. The highest BCUT2D eigenvalue weighted by atomic mass is 16.6. The standard InChI is InChI=1S/C42H75NO7/c1-6-8-10-12-14-16-18-19-20-21-22-23-25-27-29-31-33-41(45)50-38(36-48-35-34-39(42(46)47)43(3,4)5)37-49-40(44)32-30-28-26-24-17-15-13-11-9-7-2/h11,13,16,18,20-21,38-39H,6-10,12,14-15,17,19,22-37H2,1-5H3/b13-11-,18-16-,21-20-. The number of hydrogen-bond donors (Lipinski definition) is 0. The molecular weight excluding hydrogens is 630 g/mol. The van der Waals surface area contributed by atoms with Gasteiger partial charge in [0, 0.05) is 19.3 Å². The summed E-state index contributed by atoms with van der Waals surface area (Å²) in [5.74, 6) is -1.77. The number of quaternary nitrogens is 1. The van der Waals surface area contributed by atoms with Crippen molar-refractivity contribution >= 4 is 17.9 Å². The average molecular weight is 706 g/mol. The van der Waals surface area contributed by atoms with Crippen LogP contribution in [-0.4, -0.2) is 75.5 Å². The Hall–Kier alpha value is -2.45. The summed E-state index contributed by atoms with van der Waals surface area (Å²) in [6.45, 7) is 4.54. The Labute approximate surface area is 306 Å². The lowest BCUT2D eigenvalue weighted by molar-refractivity contribution is -0.889. The highest BCUT2D eigenvalue weighted by Gasteiger charge is 2.25. The van der Waals surface area contributed by atoms with Crippen LogP contribution in [0.25, 0.3) is 0 Å². The Balaban J connectivity index is 4.42. The predicted octanol–water partition coefficient (Wildman–Crippen LogP) is 8.96. The second kappa shape index (κ2) is 33.7. The molecule has 0 saturated carbocycles. The van der Waals surface area contributed by atoms with Gasteiger partial charge in [-0.3, -0.25) is 9.59 Å². The number of likely N-dealkylation sites (N-methyl/N-ethyl adjacent to an activating group) is 1. The summed E-state index contributed by atoms with van der Waals surface area (Å²) in [6, 6.07) is -0.727. The topological polar surface area (TPSA) is 102 Å². The van der Waals surface area contributed by atoms with Crippen LogP contribution >= 0.6 is 0 Å². The van der Waals surface area contributed by atoms with Crippen LogP contribution < -0.4 is 5.11 Å². The summed E-state index contributed by atoms with van der Waals surface area (Å²) in [6.07, 6.45) is 35.9. The zero-order valence-electron chi connectivity index (χ0n) is 32.8. The molecule has 0 radical (unpaired) electrons. The number of carbonyl (C=O) groups is 3. The van der Waals surface area contributed by atoms with E-state index in [1.807, 2.05) is 0 Å². The smallest absolute Gasteiger partial charge is 0.306 e. The van der Waals surface area contributed by atoms with Crippen molar-refractivity contribution in [2.75, 3.05) is 41.0 Å². The summed E-state index contributed by atoms with van der Waals surface area (Å²) >= 11 is 0. The van der Waals surface area contributed by atoms with Crippen molar-refractivity contribution in [2.45, 2.75) is 174 Å². The van der Waals surface area contributed by atoms with Gasteiger partial charge in [0.25, 0.3) is 0 Å². The second-order valence-electron chi connectivity index (χ2n) is 14.5. The molecule has 50 heavy (non-hydrogen) atoms. The molecule has 8 heteroatoms. The van der Waals surface area contributed by atoms with E-state index in [0.717, 1.165) is 83.5 Å². The first-order valence-corrected chi connectivity index (χ1v) is 20.0. The van der Waals surface area contributed by atoms with Crippen LogP contribution in [0.3, 0.4) is 0 Å². The molecule has 2 unspecified atom stereocenters. The number of rotatable bonds is 35. The molecular formula is C42H75NO7. The lowest BCUT2D eigenvalue weighted by Gasteiger charge is -2.34. The van der Waals surface area contributed by atoms with Gasteiger partial charge in [0.1, 0.15) is 12.6 Å². The van der Waals surface area contributed by atoms with Gasteiger partial charge in [0.05, 0.1) is 40.3 Å². The van der Waals surface area contributed by atoms with Crippen molar-refractivity contribution in [3.63, 3.8) is 0 Å². The lowest BCUT2D eigenvalue weighted by Crippen LogP contribution is -2.55. The molecule has 0 amide bonds. The molecule has 0 heterocycles. The minimum absolute atomic E-state index is 0.0326. The number of carboxylic acid groups (broad SMARTS) is 1. The van der Waals surface area contributed by atoms with Crippen molar-refractivity contribution < 1.29 is 38.2 Å². The van der Waals surface area contributed by atoms with E-state index in [4.69, 9.17) is 14.2 Å². The van der Waals surface area contributed by atoms with Crippen LogP contribution in [-0.2, 0) is 28.6 Å². The van der Waals surface area contributed by atoms with Gasteiger partial charge in [-0.2, -0.15) is 0 Å². The number of unbranched alkanes of at least 4 members (excludes halogenated alkanes) is 15. The van der Waals surface area contributed by atoms with E-state index in [1.165, 1.54) is 44.9 Å². The van der Waals surface area contributed by atoms with E-state index in [9.17, 15) is 19.5 Å². The van der Waals surface area contributed by atoms with Crippen LogP contribution in [0.2, 0.25) is 0 Å². The van der Waals surface area contributed by atoms with E-state index in [-0.39, 0.29) is 42.7 Å². The van der Waals surface area contributed by atoms with Crippen LogP contribution in [0.5, 0.6) is 0 Å². The molecule has 8 nitrogen and oxygen atoms in total. The van der Waals surface area contributed by atoms with E-state index < -0.39 is 18.1 Å². The SMILES string of the molecule is CCC/C=C\CCCCCCCC(=O)OCC(COCCC(C(=O)[O-])[N+](C)(C)C)OC(=O)CCCCCCC/C=C\C/C=C\CCCCCC. The van der Waals surface area contributed by atoms with Crippen LogP contribution in [0.4, 0.5) is 0 Å². The molecule has 0 rings (SSSR count). The van der Waals surface area contributed by atoms with Gasteiger partial charge in [-0.25, -0.2) is 0 Å². The third-order valence-corrected chi connectivity index (χ3v) is 8.73. The third-order valence-electron chi connectivity index (χ3n) is 8.73. The number of esters is 2. The van der Waals surface area contributed by atoms with Crippen LogP contribution in [0, 0.1) is 0 Å². The normalized spacial score (nSPS) is 13.4. The summed E-state index contributed by atoms with van der Waals surface area (Å²) in [4.78, 5) is 36.6. The minimum atomic E-state index is -1.13. The van der Waals surface area contributed by atoms with E-state index in [0.29, 0.717) is 12.8 Å². The fourth-order valence-corrected chi connectivity index (χ4v) is 5.57. The van der Waals surface area contributed by atoms with Gasteiger partial charge in [-0.1, -0.05) is 115 Å². The molecule has 0 aliphatic heterocycles. The molecule has 2 atom stereocenters. The number of hydrogen-bond acceptors (Lipinski definition) is 7. The second-order valence-corrected chi connectivity index (χ2v) is 14.5. The molecule has 0 aromatic rings. The molecule has 0 aliphatic carbocycles. The lowest BCUT2D eigenvalue weighted by atomic mass is 10.1. The van der Waals surface area contributed by atoms with E-state index >= 15 is 0 Å². The molecule has 0 spiro atoms. The Kier molecular flexibility index (Phi) is 32.0. The van der Waals surface area contributed by atoms with Crippen molar-refractivity contribution in [2.24, 2.45) is 0 Å². The first-order valence-electron chi connectivity index (χ1n) is 20.0. The van der Waals surface area contributed by atoms with Gasteiger partial charge in [-0.05, 0) is 64.2 Å².